The highest BCUT2D eigenvalue weighted by molar-refractivity contribution is 7.13. The Morgan fingerprint density at radius 2 is 2.00 bits per heavy atom. The molecule has 0 saturated heterocycles. The molecule has 3 heterocycles. The molecule has 1 aromatic carbocycles. The van der Waals surface area contributed by atoms with E-state index in [1.54, 1.807) is 17.6 Å². The van der Waals surface area contributed by atoms with Crippen LogP contribution in [-0.4, -0.2) is 17.1 Å². The Labute approximate surface area is 166 Å². The number of nitrogens with one attached hydrogen (secondary N) is 2. The van der Waals surface area contributed by atoms with Crippen molar-refractivity contribution >= 4 is 34.4 Å². The van der Waals surface area contributed by atoms with Crippen LogP contribution in [0.5, 0.6) is 0 Å². The number of hydrazone groups is 1. The smallest absolute Gasteiger partial charge is 0.267 e. The lowest BCUT2D eigenvalue weighted by molar-refractivity contribution is -0.377. The van der Waals surface area contributed by atoms with Gasteiger partial charge in [0.2, 0.25) is 0 Å². The van der Waals surface area contributed by atoms with Gasteiger partial charge in [0.25, 0.3) is 5.91 Å². The van der Waals surface area contributed by atoms with Crippen LogP contribution in [0.15, 0.2) is 72.1 Å². The fourth-order valence-corrected chi connectivity index (χ4v) is 3.76. The van der Waals surface area contributed by atoms with Crippen LogP contribution in [0.3, 0.4) is 0 Å². The van der Waals surface area contributed by atoms with Crippen LogP contribution in [0, 0.1) is 0 Å². The quantitative estimate of drug-likeness (QED) is 0.414. The van der Waals surface area contributed by atoms with Crippen LogP contribution in [-0.2, 0) is 6.42 Å². The Bertz CT molecular complexity index is 1150. The van der Waals surface area contributed by atoms with Gasteiger partial charge in [-0.25, -0.2) is 15.4 Å². The van der Waals surface area contributed by atoms with Gasteiger partial charge < -0.3 is 0 Å². The second kappa shape index (κ2) is 8.10. The van der Waals surface area contributed by atoms with Crippen LogP contribution in [0.25, 0.3) is 22.2 Å². The number of H-pyrrole nitrogens is 1. The molecule has 3 aromatic heterocycles. The Morgan fingerprint density at radius 3 is 2.79 bits per heavy atom. The molecule has 0 unspecified atom stereocenters. The Hall–Kier alpha value is -3.38. The fraction of sp³-hybridized carbons (Fsp3) is 0.0909. The SMILES string of the molecule is CCc1ccc(C=NNC(=O)c2cc(-c3cc[nH+]cc3)nc3ccccc23)s1. The number of aromatic nitrogens is 2. The van der Waals surface area contributed by atoms with Gasteiger partial charge in [0, 0.05) is 32.8 Å². The third-order valence-corrected chi connectivity index (χ3v) is 5.53. The molecule has 0 aliphatic carbocycles. The summed E-state index contributed by atoms with van der Waals surface area (Å²) in [5, 5.41) is 4.93. The van der Waals surface area contributed by atoms with E-state index in [-0.39, 0.29) is 5.91 Å². The Morgan fingerprint density at radius 1 is 1.18 bits per heavy atom. The van der Waals surface area contributed by atoms with E-state index in [0.29, 0.717) is 5.56 Å². The van der Waals surface area contributed by atoms with E-state index in [4.69, 9.17) is 4.98 Å². The zero-order valence-electron chi connectivity index (χ0n) is 15.3. The molecule has 0 aliphatic heterocycles. The molecule has 0 aliphatic rings. The maximum Gasteiger partial charge on any atom is 0.272 e. The lowest BCUT2D eigenvalue weighted by atomic mass is 10.0. The monoisotopic (exact) mass is 387 g/mol. The van der Waals surface area contributed by atoms with Gasteiger partial charge in [0.1, 0.15) is 0 Å². The number of carbonyl (C=O) groups is 1. The predicted molar refractivity (Wildman–Crippen MR) is 112 cm³/mol. The minimum atomic E-state index is -0.258. The van der Waals surface area contributed by atoms with E-state index in [1.807, 2.05) is 60.9 Å². The normalized spacial score (nSPS) is 11.2. The summed E-state index contributed by atoms with van der Waals surface area (Å²) in [5.74, 6) is -0.258. The number of para-hydroxylation sites is 1. The number of hydrogen-bond acceptors (Lipinski definition) is 4. The van der Waals surface area contributed by atoms with Crippen molar-refractivity contribution in [1.82, 2.24) is 10.4 Å². The summed E-state index contributed by atoms with van der Waals surface area (Å²) in [6, 6.07) is 17.4. The van der Waals surface area contributed by atoms with Crippen molar-refractivity contribution in [3.8, 4) is 11.3 Å². The number of amides is 1. The van der Waals surface area contributed by atoms with Gasteiger partial charge in [0.15, 0.2) is 12.4 Å². The molecule has 1 amide bonds. The third kappa shape index (κ3) is 3.82. The molecule has 6 heteroatoms. The van der Waals surface area contributed by atoms with E-state index in [0.717, 1.165) is 33.5 Å². The second-order valence-corrected chi connectivity index (χ2v) is 7.42. The molecule has 0 fully saturated rings. The van der Waals surface area contributed by atoms with Crippen LogP contribution >= 0.6 is 11.3 Å². The number of nitrogens with zero attached hydrogens (tertiary/aromatic N) is 2. The molecular weight excluding hydrogens is 368 g/mol. The number of hydrogen-bond donors (Lipinski definition) is 1. The van der Waals surface area contributed by atoms with Gasteiger partial charge in [-0.15, -0.1) is 11.3 Å². The number of thiophene rings is 1. The fourth-order valence-electron chi connectivity index (χ4n) is 2.94. The van der Waals surface area contributed by atoms with E-state index >= 15 is 0 Å². The number of aryl methyl sites for hydroxylation is 1. The number of rotatable bonds is 5. The second-order valence-electron chi connectivity index (χ2n) is 6.22. The van der Waals surface area contributed by atoms with E-state index in [1.165, 1.54) is 4.88 Å². The largest absolute Gasteiger partial charge is 0.272 e. The highest BCUT2D eigenvalue weighted by Gasteiger charge is 2.13. The van der Waals surface area contributed by atoms with Gasteiger partial charge in [-0.3, -0.25) is 4.79 Å². The summed E-state index contributed by atoms with van der Waals surface area (Å²) >= 11 is 1.67. The molecule has 5 nitrogen and oxygen atoms in total. The van der Waals surface area contributed by atoms with Crippen molar-refractivity contribution in [2.45, 2.75) is 13.3 Å². The lowest BCUT2D eigenvalue weighted by Gasteiger charge is -2.08. The average molecular weight is 387 g/mol. The first-order valence-electron chi connectivity index (χ1n) is 9.03. The van der Waals surface area contributed by atoms with Crippen LogP contribution in [0.1, 0.15) is 27.0 Å². The number of pyridine rings is 2. The summed E-state index contributed by atoms with van der Waals surface area (Å²) in [6.07, 6.45) is 6.34. The summed E-state index contributed by atoms with van der Waals surface area (Å²) in [6.45, 7) is 2.12. The van der Waals surface area contributed by atoms with Gasteiger partial charge in [-0.05, 0) is 30.7 Å². The number of benzene rings is 1. The van der Waals surface area contributed by atoms with Gasteiger partial charge >= 0.3 is 0 Å². The molecular formula is C22H19N4OS+. The van der Waals surface area contributed by atoms with Crippen molar-refractivity contribution in [2.24, 2.45) is 5.10 Å². The molecule has 0 spiro atoms. The molecule has 4 aromatic rings. The standard InChI is InChI=1S/C22H18N4OS/c1-2-16-7-8-17(28-16)14-24-26-22(27)19-13-21(15-9-11-23-12-10-15)25-20-6-4-3-5-18(19)20/h3-14H,2H2,1H3,(H,26,27)/p+1. The lowest BCUT2D eigenvalue weighted by Crippen LogP contribution is -2.18. The maximum absolute atomic E-state index is 12.8. The maximum atomic E-state index is 12.8. The van der Waals surface area contributed by atoms with Crippen molar-refractivity contribution in [1.29, 1.82) is 0 Å². The average Bonchev–Trinajstić information content (AvgIpc) is 3.21. The van der Waals surface area contributed by atoms with Crippen LogP contribution in [0.4, 0.5) is 0 Å². The van der Waals surface area contributed by atoms with Crippen molar-refractivity contribution in [3.63, 3.8) is 0 Å². The van der Waals surface area contributed by atoms with Gasteiger partial charge in [-0.2, -0.15) is 5.10 Å². The first-order valence-corrected chi connectivity index (χ1v) is 9.84. The third-order valence-electron chi connectivity index (χ3n) is 4.36. The Balaban J connectivity index is 1.65. The minimum Gasteiger partial charge on any atom is -0.267 e. The molecule has 138 valence electrons. The zero-order valence-corrected chi connectivity index (χ0v) is 16.2. The number of fused-ring (bicyclic) bond motifs is 1. The van der Waals surface area contributed by atoms with Crippen molar-refractivity contribution in [3.05, 3.63) is 82.3 Å². The first-order chi connectivity index (χ1) is 13.7. The zero-order chi connectivity index (χ0) is 19.3. The molecule has 28 heavy (non-hydrogen) atoms. The highest BCUT2D eigenvalue weighted by atomic mass is 32.1. The molecule has 4 rings (SSSR count). The first kappa shape index (κ1) is 18.0. The van der Waals surface area contributed by atoms with Gasteiger partial charge in [0.05, 0.1) is 23.0 Å². The summed E-state index contributed by atoms with van der Waals surface area (Å²) in [5.41, 5.74) is 5.65. The number of aromatic amines is 1. The van der Waals surface area contributed by atoms with Gasteiger partial charge in [-0.1, -0.05) is 25.1 Å². The molecule has 0 bridgehead atoms. The van der Waals surface area contributed by atoms with Crippen LogP contribution < -0.4 is 10.4 Å². The van der Waals surface area contributed by atoms with E-state index < -0.39 is 0 Å². The summed E-state index contributed by atoms with van der Waals surface area (Å²) in [7, 11) is 0. The predicted octanol–water partition coefficient (Wildman–Crippen LogP) is 4.10. The number of carbonyl (C=O) groups excluding carboxylic acids is 1. The van der Waals surface area contributed by atoms with Crippen molar-refractivity contribution < 1.29 is 9.78 Å². The summed E-state index contributed by atoms with van der Waals surface area (Å²) < 4.78 is 0. The Kier molecular flexibility index (Phi) is 5.21. The van der Waals surface area contributed by atoms with Crippen LogP contribution in [0.2, 0.25) is 0 Å². The summed E-state index contributed by atoms with van der Waals surface area (Å²) in [4.78, 5) is 22.8. The van der Waals surface area contributed by atoms with Crippen molar-refractivity contribution in [2.75, 3.05) is 0 Å². The minimum absolute atomic E-state index is 0.258. The topological polar surface area (TPSA) is 68.5 Å². The molecule has 2 N–H and O–H groups in total. The molecule has 0 atom stereocenters. The molecule has 0 radical (unpaired) electrons. The van der Waals surface area contributed by atoms with E-state index in [2.05, 4.69) is 28.5 Å². The van der Waals surface area contributed by atoms with E-state index in [9.17, 15) is 4.79 Å². The highest BCUT2D eigenvalue weighted by Crippen LogP contribution is 2.24. The molecule has 0 saturated carbocycles.